The maximum atomic E-state index is 13.1. The van der Waals surface area contributed by atoms with Gasteiger partial charge in [0.05, 0.1) is 5.56 Å². The monoisotopic (exact) mass is 616 g/mol. The van der Waals surface area contributed by atoms with E-state index in [0.717, 1.165) is 17.7 Å². The Balaban J connectivity index is 1.25. The average molecular weight is 617 g/mol. The van der Waals surface area contributed by atoms with Crippen LogP contribution in [0.2, 0.25) is 0 Å². The number of carbonyl (C=O) groups excluding carboxylic acids is 1. The van der Waals surface area contributed by atoms with E-state index >= 15 is 0 Å². The number of urea groups is 1. The smallest absolute Gasteiger partial charge is 0.416 e. The quantitative estimate of drug-likeness (QED) is 0.201. The Labute approximate surface area is 257 Å². The number of amides is 2. The fourth-order valence-electron chi connectivity index (χ4n) is 5.19. The van der Waals surface area contributed by atoms with Crippen molar-refractivity contribution in [2.45, 2.75) is 26.4 Å². The fraction of sp³-hybridized carbons (Fsp3) is 0.273. The van der Waals surface area contributed by atoms with Crippen LogP contribution in [-0.4, -0.2) is 52.2 Å². The van der Waals surface area contributed by atoms with E-state index in [0.29, 0.717) is 78.5 Å². The third-order valence-electron chi connectivity index (χ3n) is 7.35. The van der Waals surface area contributed by atoms with Crippen LogP contribution in [0, 0.1) is 5.92 Å². The largest absolute Gasteiger partial charge is 0.457 e. The summed E-state index contributed by atoms with van der Waals surface area (Å²) in [4.78, 5) is 26.2. The molecule has 0 atom stereocenters. The van der Waals surface area contributed by atoms with Crippen LogP contribution in [0.3, 0.4) is 0 Å². The molecule has 1 fully saturated rings. The van der Waals surface area contributed by atoms with Crippen molar-refractivity contribution in [3.63, 3.8) is 0 Å². The Morgan fingerprint density at radius 3 is 2.40 bits per heavy atom. The Kier molecular flexibility index (Phi) is 8.29. The highest BCUT2D eigenvalue weighted by Gasteiger charge is 2.31. The number of ether oxygens (including phenoxy) is 1. The summed E-state index contributed by atoms with van der Waals surface area (Å²) < 4.78 is 51.2. The molecule has 2 aromatic heterocycles. The highest BCUT2D eigenvalue weighted by atomic mass is 19.4. The molecule has 0 spiro atoms. The van der Waals surface area contributed by atoms with Gasteiger partial charge in [-0.15, -0.1) is 0 Å². The minimum Gasteiger partial charge on any atom is -0.457 e. The summed E-state index contributed by atoms with van der Waals surface area (Å²) in [6.07, 6.45) is -3.86. The average Bonchev–Trinajstić information content (AvgIpc) is 3.45. The molecular weight excluding hydrogens is 585 g/mol. The van der Waals surface area contributed by atoms with Crippen molar-refractivity contribution in [2.24, 2.45) is 5.92 Å². The molecule has 1 aliphatic rings. The third-order valence-corrected chi connectivity index (χ3v) is 7.35. The summed E-state index contributed by atoms with van der Waals surface area (Å²) in [5.74, 6) is 2.92. The van der Waals surface area contributed by atoms with Gasteiger partial charge in [0, 0.05) is 43.9 Å². The lowest BCUT2D eigenvalue weighted by Crippen LogP contribution is -2.50. The Morgan fingerprint density at radius 2 is 1.67 bits per heavy atom. The number of alkyl halides is 3. The van der Waals surface area contributed by atoms with Gasteiger partial charge < -0.3 is 24.4 Å². The Hall–Kier alpha value is -5.13. The van der Waals surface area contributed by atoms with Gasteiger partial charge in [-0.3, -0.25) is 0 Å². The van der Waals surface area contributed by atoms with E-state index in [1.807, 2.05) is 54.6 Å². The van der Waals surface area contributed by atoms with Crippen LogP contribution < -0.4 is 15.0 Å². The highest BCUT2D eigenvalue weighted by Crippen LogP contribution is 2.36. The Morgan fingerprint density at radius 1 is 0.933 bits per heavy atom. The molecule has 9 nitrogen and oxygen atoms in total. The van der Waals surface area contributed by atoms with Gasteiger partial charge in [-0.05, 0) is 48.4 Å². The van der Waals surface area contributed by atoms with Crippen molar-refractivity contribution in [2.75, 3.05) is 36.4 Å². The number of piperazine rings is 1. The van der Waals surface area contributed by atoms with Gasteiger partial charge in [-0.2, -0.15) is 18.2 Å². The van der Waals surface area contributed by atoms with Crippen LogP contribution in [0.5, 0.6) is 11.5 Å². The number of aromatic nitrogens is 3. The number of halogens is 3. The Bertz CT molecular complexity index is 1800. The third kappa shape index (κ3) is 6.84. The number of nitrogens with one attached hydrogen (secondary N) is 1. The molecule has 232 valence electrons. The first kappa shape index (κ1) is 29.9. The molecule has 6 rings (SSSR count). The van der Waals surface area contributed by atoms with E-state index in [2.05, 4.69) is 34.2 Å². The van der Waals surface area contributed by atoms with Gasteiger partial charge in [-0.1, -0.05) is 55.4 Å². The van der Waals surface area contributed by atoms with Gasteiger partial charge in [0.15, 0.2) is 0 Å². The normalized spacial score (nSPS) is 13.8. The van der Waals surface area contributed by atoms with Gasteiger partial charge in [0.25, 0.3) is 5.71 Å². The number of hydrogen-bond donors (Lipinski definition) is 1. The second kappa shape index (κ2) is 12.5. The zero-order valence-corrected chi connectivity index (χ0v) is 24.7. The first-order valence-corrected chi connectivity index (χ1v) is 14.6. The number of rotatable bonds is 7. The molecule has 0 radical (unpaired) electrons. The van der Waals surface area contributed by atoms with Crippen molar-refractivity contribution in [3.05, 3.63) is 90.3 Å². The lowest BCUT2D eigenvalue weighted by atomic mass is 10.1. The van der Waals surface area contributed by atoms with Crippen molar-refractivity contribution in [3.8, 4) is 22.8 Å². The van der Waals surface area contributed by atoms with E-state index in [1.165, 1.54) is 12.1 Å². The van der Waals surface area contributed by atoms with Gasteiger partial charge >= 0.3 is 12.2 Å². The topological polar surface area (TPSA) is 96.6 Å². The lowest BCUT2D eigenvalue weighted by Gasteiger charge is -2.35. The maximum absolute atomic E-state index is 13.1. The van der Waals surface area contributed by atoms with E-state index < -0.39 is 17.8 Å². The molecule has 12 heteroatoms. The summed E-state index contributed by atoms with van der Waals surface area (Å²) in [6, 6.07) is 21.1. The first-order chi connectivity index (χ1) is 21.6. The van der Waals surface area contributed by atoms with Crippen molar-refractivity contribution < 1.29 is 27.2 Å². The molecule has 0 aliphatic carbocycles. The number of hydrogen-bond acceptors (Lipinski definition) is 7. The molecule has 0 bridgehead atoms. The fourth-order valence-corrected chi connectivity index (χ4v) is 5.19. The number of carbonyl (C=O) groups is 1. The van der Waals surface area contributed by atoms with Gasteiger partial charge in [0.1, 0.15) is 34.2 Å². The zero-order valence-electron chi connectivity index (χ0n) is 24.7. The molecule has 0 saturated carbocycles. The van der Waals surface area contributed by atoms with Gasteiger partial charge in [-0.25, -0.2) is 9.78 Å². The number of nitrogens with zero attached hydrogens (tertiary/aromatic N) is 5. The number of fused-ring (bicyclic) bond motifs is 1. The van der Waals surface area contributed by atoms with Gasteiger partial charge in [0.2, 0.25) is 0 Å². The number of para-hydroxylation sites is 1. The molecule has 0 unspecified atom stereocenters. The lowest BCUT2D eigenvalue weighted by molar-refractivity contribution is -0.137. The predicted molar refractivity (Wildman–Crippen MR) is 164 cm³/mol. The van der Waals surface area contributed by atoms with Crippen molar-refractivity contribution in [1.29, 1.82) is 0 Å². The van der Waals surface area contributed by atoms with Crippen LogP contribution in [0.25, 0.3) is 22.4 Å². The van der Waals surface area contributed by atoms with Crippen LogP contribution >= 0.6 is 0 Å². The molecule has 5 aromatic rings. The number of benzene rings is 3. The van der Waals surface area contributed by atoms with E-state index in [9.17, 15) is 18.0 Å². The summed E-state index contributed by atoms with van der Waals surface area (Å²) in [5, 5.41) is 7.64. The highest BCUT2D eigenvalue weighted by molar-refractivity contribution is 5.98. The van der Waals surface area contributed by atoms with E-state index in [4.69, 9.17) is 14.2 Å². The second-order valence-electron chi connectivity index (χ2n) is 11.2. The molecule has 1 aliphatic heterocycles. The second-order valence-corrected chi connectivity index (χ2v) is 11.2. The minimum absolute atomic E-state index is 0.0840. The van der Waals surface area contributed by atoms with E-state index in [1.54, 1.807) is 4.90 Å². The maximum Gasteiger partial charge on any atom is 0.416 e. The summed E-state index contributed by atoms with van der Waals surface area (Å²) in [5.41, 5.74) is 0.962. The van der Waals surface area contributed by atoms with E-state index in [-0.39, 0.29) is 5.69 Å². The number of anilines is 2. The molecule has 1 N–H and O–H groups in total. The summed E-state index contributed by atoms with van der Waals surface area (Å²) >= 11 is 0. The van der Waals surface area contributed by atoms with Crippen LogP contribution in [0.1, 0.15) is 25.2 Å². The molecule has 3 heterocycles. The minimum atomic E-state index is -4.50. The standard InChI is InChI=1S/C33H31F3N6O3/c1-21(2)18-27-38-30(41-14-16-42(17-15-41)32(43)37-24-10-7-9-23(20-24)33(34,35)36)28-29(40-45-31(28)39-27)22-8-6-13-26(19-22)44-25-11-4-3-5-12-25/h3-13,19-21H,14-18H2,1-2H3,(H,37,43). The zero-order chi connectivity index (χ0) is 31.6. The molecule has 45 heavy (non-hydrogen) atoms. The first-order valence-electron chi connectivity index (χ1n) is 14.6. The predicted octanol–water partition coefficient (Wildman–Crippen LogP) is 7.65. The van der Waals surface area contributed by atoms with Crippen molar-refractivity contribution in [1.82, 2.24) is 20.0 Å². The van der Waals surface area contributed by atoms with Crippen molar-refractivity contribution >= 4 is 28.6 Å². The SMILES string of the molecule is CC(C)Cc1nc(N2CCN(C(=O)Nc3cccc(C(F)(F)F)c3)CC2)c2c(-c3cccc(Oc4ccccc4)c3)noc2n1. The molecule has 1 saturated heterocycles. The molecule has 3 aromatic carbocycles. The van der Waals surface area contributed by atoms with Crippen LogP contribution in [0.15, 0.2) is 83.4 Å². The summed E-state index contributed by atoms with van der Waals surface area (Å²) in [7, 11) is 0. The summed E-state index contributed by atoms with van der Waals surface area (Å²) in [6.45, 7) is 5.70. The van der Waals surface area contributed by atoms with Crippen LogP contribution in [0.4, 0.5) is 29.5 Å². The molecule has 2 amide bonds. The molecular formula is C33H31F3N6O3. The van der Waals surface area contributed by atoms with Crippen LogP contribution in [-0.2, 0) is 12.6 Å².